The highest BCUT2D eigenvalue weighted by Gasteiger charge is 2.43. The summed E-state index contributed by atoms with van der Waals surface area (Å²) >= 11 is 1.61. The molecule has 0 fully saturated rings. The first-order valence-corrected chi connectivity index (χ1v) is 14.0. The predicted molar refractivity (Wildman–Crippen MR) is 155 cm³/mol. The van der Waals surface area contributed by atoms with Gasteiger partial charge in [-0.05, 0) is 60.7 Å². The molecule has 1 aliphatic carbocycles. The van der Waals surface area contributed by atoms with E-state index in [-0.39, 0.29) is 17.1 Å². The number of ketones is 1. The minimum atomic E-state index is -0.248. The Labute approximate surface area is 231 Å². The Bertz CT molecular complexity index is 1750. The number of anilines is 1. The van der Waals surface area contributed by atoms with Crippen molar-refractivity contribution in [2.75, 3.05) is 5.32 Å². The fourth-order valence-corrected chi connectivity index (χ4v) is 6.80. The van der Waals surface area contributed by atoms with Gasteiger partial charge >= 0.3 is 0 Å². The summed E-state index contributed by atoms with van der Waals surface area (Å²) in [5.41, 5.74) is 5.54. The van der Waals surface area contributed by atoms with E-state index in [0.717, 1.165) is 67.2 Å². The molecule has 1 aliphatic heterocycles. The zero-order chi connectivity index (χ0) is 26.7. The number of nitrogens with zero attached hydrogens (tertiary/aromatic N) is 3. The number of carbonyl (C=O) groups is 1. The van der Waals surface area contributed by atoms with E-state index in [1.54, 1.807) is 11.3 Å². The van der Waals surface area contributed by atoms with Crippen LogP contribution in [0.25, 0.3) is 15.3 Å². The van der Waals surface area contributed by atoms with E-state index in [1.807, 2.05) is 72.3 Å². The van der Waals surface area contributed by atoms with Crippen molar-refractivity contribution in [2.45, 2.75) is 39.5 Å². The summed E-state index contributed by atoms with van der Waals surface area (Å²) < 4.78 is 9.22. The standard InChI is InChI=1S/C32H28N4O2S/c1-19-27-28(20-10-9-13-22(16-20)38-21-11-5-4-6-12-21)29-24(17-32(2,3)18-25(29)37)33-30(27)36(35-19)31-34-23-14-7-8-15-26(23)39-31/h4-16,28,33H,17-18H2,1-3H3. The van der Waals surface area contributed by atoms with Crippen LogP contribution in [-0.4, -0.2) is 20.5 Å². The van der Waals surface area contributed by atoms with Crippen LogP contribution in [0.5, 0.6) is 11.5 Å². The zero-order valence-electron chi connectivity index (χ0n) is 22.1. The van der Waals surface area contributed by atoms with E-state index in [2.05, 4.69) is 37.4 Å². The summed E-state index contributed by atoms with van der Waals surface area (Å²) in [4.78, 5) is 18.6. The van der Waals surface area contributed by atoms with E-state index in [0.29, 0.717) is 6.42 Å². The first kappa shape index (κ1) is 23.9. The average molecular weight is 533 g/mol. The minimum Gasteiger partial charge on any atom is -0.457 e. The third kappa shape index (κ3) is 4.14. The maximum Gasteiger partial charge on any atom is 0.213 e. The Balaban J connectivity index is 1.40. The maximum atomic E-state index is 13.8. The van der Waals surface area contributed by atoms with Crippen LogP contribution in [0.4, 0.5) is 5.82 Å². The molecule has 1 unspecified atom stereocenters. The fourth-order valence-electron chi connectivity index (χ4n) is 5.88. The van der Waals surface area contributed by atoms with Crippen LogP contribution in [-0.2, 0) is 4.79 Å². The first-order valence-electron chi connectivity index (χ1n) is 13.2. The Morgan fingerprint density at radius 3 is 2.56 bits per heavy atom. The van der Waals surface area contributed by atoms with Crippen molar-refractivity contribution in [1.82, 2.24) is 14.8 Å². The van der Waals surface area contributed by atoms with Gasteiger partial charge in [0.2, 0.25) is 5.13 Å². The normalized spacial score (nSPS) is 18.0. The summed E-state index contributed by atoms with van der Waals surface area (Å²) in [6.07, 6.45) is 1.30. The van der Waals surface area contributed by atoms with E-state index < -0.39 is 0 Å². The number of Topliss-reactive ketones (excluding diaryl/α,β-unsaturated/α-hetero) is 1. The van der Waals surface area contributed by atoms with Crippen LogP contribution in [0, 0.1) is 12.3 Å². The van der Waals surface area contributed by atoms with Crippen molar-refractivity contribution in [3.63, 3.8) is 0 Å². The second-order valence-electron chi connectivity index (χ2n) is 11.1. The molecule has 3 heterocycles. The lowest BCUT2D eigenvalue weighted by atomic mass is 9.69. The molecule has 194 valence electrons. The van der Waals surface area contributed by atoms with Crippen LogP contribution in [0.1, 0.15) is 49.4 Å². The number of nitrogens with one attached hydrogen (secondary N) is 1. The van der Waals surface area contributed by atoms with Gasteiger partial charge < -0.3 is 10.1 Å². The van der Waals surface area contributed by atoms with Crippen LogP contribution in [0.3, 0.4) is 0 Å². The summed E-state index contributed by atoms with van der Waals surface area (Å²) in [7, 11) is 0. The second kappa shape index (κ2) is 8.92. The Morgan fingerprint density at radius 1 is 0.974 bits per heavy atom. The van der Waals surface area contributed by atoms with Crippen molar-refractivity contribution >= 4 is 33.2 Å². The SMILES string of the molecule is Cc1nn(-c2nc3ccccc3s2)c2c1C(c1cccc(Oc3ccccc3)c1)C1=C(CC(C)(C)CC1=O)N2. The average Bonchev–Trinajstić information content (AvgIpc) is 3.48. The third-order valence-corrected chi connectivity index (χ3v) is 8.52. The van der Waals surface area contributed by atoms with Crippen molar-refractivity contribution < 1.29 is 9.53 Å². The number of fused-ring (bicyclic) bond motifs is 2. The van der Waals surface area contributed by atoms with Gasteiger partial charge in [0.05, 0.1) is 15.9 Å². The lowest BCUT2D eigenvalue weighted by Gasteiger charge is -2.38. The Morgan fingerprint density at radius 2 is 1.74 bits per heavy atom. The van der Waals surface area contributed by atoms with Gasteiger partial charge in [0.25, 0.3) is 0 Å². The van der Waals surface area contributed by atoms with Gasteiger partial charge in [-0.15, -0.1) is 0 Å². The molecule has 1 N–H and O–H groups in total. The molecule has 0 amide bonds. The summed E-state index contributed by atoms with van der Waals surface area (Å²) in [6, 6.07) is 26.0. The second-order valence-corrected chi connectivity index (χ2v) is 12.1. The highest BCUT2D eigenvalue weighted by atomic mass is 32.1. The van der Waals surface area contributed by atoms with Gasteiger partial charge in [-0.25, -0.2) is 4.98 Å². The highest BCUT2D eigenvalue weighted by molar-refractivity contribution is 7.20. The van der Waals surface area contributed by atoms with Crippen molar-refractivity contribution in [1.29, 1.82) is 0 Å². The largest absolute Gasteiger partial charge is 0.457 e. The molecule has 0 bridgehead atoms. The summed E-state index contributed by atoms with van der Waals surface area (Å²) in [5.74, 6) is 2.33. The van der Waals surface area contributed by atoms with Crippen molar-refractivity contribution in [3.05, 3.63) is 107 Å². The number of rotatable bonds is 4. The molecule has 7 heteroatoms. The zero-order valence-corrected chi connectivity index (χ0v) is 22.9. The smallest absolute Gasteiger partial charge is 0.213 e. The molecule has 0 saturated carbocycles. The van der Waals surface area contributed by atoms with E-state index >= 15 is 0 Å². The maximum absolute atomic E-state index is 13.8. The number of carbonyl (C=O) groups excluding carboxylic acids is 1. The Hall–Kier alpha value is -4.23. The number of aromatic nitrogens is 3. The number of para-hydroxylation sites is 2. The number of hydrogen-bond acceptors (Lipinski definition) is 6. The van der Waals surface area contributed by atoms with E-state index in [4.69, 9.17) is 14.8 Å². The van der Waals surface area contributed by atoms with Gasteiger partial charge in [-0.3, -0.25) is 4.79 Å². The van der Waals surface area contributed by atoms with E-state index in [9.17, 15) is 4.79 Å². The highest BCUT2D eigenvalue weighted by Crippen LogP contribution is 2.51. The molecule has 2 aromatic heterocycles. The van der Waals surface area contributed by atoms with Gasteiger partial charge in [-0.1, -0.05) is 67.6 Å². The predicted octanol–water partition coefficient (Wildman–Crippen LogP) is 7.78. The molecule has 0 radical (unpaired) electrons. The van der Waals surface area contributed by atoms with Gasteiger partial charge in [0, 0.05) is 29.2 Å². The molecule has 0 saturated heterocycles. The van der Waals surface area contributed by atoms with Crippen LogP contribution < -0.4 is 10.1 Å². The van der Waals surface area contributed by atoms with E-state index in [1.165, 1.54) is 0 Å². The number of thiazole rings is 1. The lowest BCUT2D eigenvalue weighted by Crippen LogP contribution is -2.34. The summed E-state index contributed by atoms with van der Waals surface area (Å²) in [6.45, 7) is 6.33. The van der Waals surface area contributed by atoms with Crippen LogP contribution >= 0.6 is 11.3 Å². The van der Waals surface area contributed by atoms with Crippen molar-refractivity contribution in [2.24, 2.45) is 5.41 Å². The molecule has 2 aliphatic rings. The molecule has 0 spiro atoms. The number of aryl methyl sites for hydroxylation is 1. The van der Waals surface area contributed by atoms with Gasteiger partial charge in [-0.2, -0.15) is 9.78 Å². The molecule has 39 heavy (non-hydrogen) atoms. The third-order valence-electron chi connectivity index (χ3n) is 7.51. The Kier molecular flexibility index (Phi) is 5.45. The number of hydrogen-bond donors (Lipinski definition) is 1. The quantitative estimate of drug-likeness (QED) is 0.256. The van der Waals surface area contributed by atoms with Crippen LogP contribution in [0.15, 0.2) is 90.1 Å². The van der Waals surface area contributed by atoms with Crippen molar-refractivity contribution in [3.8, 4) is 16.6 Å². The van der Waals surface area contributed by atoms with Gasteiger partial charge in [0.1, 0.15) is 17.3 Å². The number of ether oxygens (including phenoxy) is 1. The number of allylic oxidation sites excluding steroid dienone is 2. The fraction of sp³-hybridized carbons (Fsp3) is 0.219. The summed E-state index contributed by atoms with van der Waals surface area (Å²) in [5, 5.41) is 9.45. The van der Waals surface area contributed by atoms with Gasteiger partial charge in [0.15, 0.2) is 5.78 Å². The molecule has 5 aromatic rings. The molecule has 6 nitrogen and oxygen atoms in total. The monoisotopic (exact) mass is 532 g/mol. The first-order chi connectivity index (χ1) is 18.9. The lowest BCUT2D eigenvalue weighted by molar-refractivity contribution is -0.118. The minimum absolute atomic E-state index is 0.126. The molecular formula is C32H28N4O2S. The molecule has 3 aromatic carbocycles. The molecule has 1 atom stereocenters. The van der Waals surface area contributed by atoms with Crippen LogP contribution in [0.2, 0.25) is 0 Å². The number of benzene rings is 3. The topological polar surface area (TPSA) is 69.0 Å². The molecule has 7 rings (SSSR count). The molecular weight excluding hydrogens is 504 g/mol.